The van der Waals surface area contributed by atoms with Crippen molar-refractivity contribution in [2.24, 2.45) is 5.73 Å². The topological polar surface area (TPSA) is 38.9 Å². The van der Waals surface area contributed by atoms with E-state index in [4.69, 9.17) is 5.73 Å². The van der Waals surface area contributed by atoms with Crippen molar-refractivity contribution in [1.29, 1.82) is 0 Å². The molecule has 0 radical (unpaired) electrons. The molecule has 0 spiro atoms. The van der Waals surface area contributed by atoms with Gasteiger partial charge in [-0.15, -0.1) is 22.7 Å². The lowest BCUT2D eigenvalue weighted by Gasteiger charge is -2.09. The second-order valence-corrected chi connectivity index (χ2v) is 6.90. The maximum absolute atomic E-state index is 6.37. The summed E-state index contributed by atoms with van der Waals surface area (Å²) in [5.41, 5.74) is 8.79. The van der Waals surface area contributed by atoms with Gasteiger partial charge in [0.1, 0.15) is 0 Å². The van der Waals surface area contributed by atoms with Crippen LogP contribution in [0.5, 0.6) is 0 Å². The number of nitrogens with zero attached hydrogens (tertiary/aromatic N) is 1. The van der Waals surface area contributed by atoms with Crippen LogP contribution in [0.2, 0.25) is 0 Å². The average Bonchev–Trinajstić information content (AvgIpc) is 2.94. The lowest BCUT2D eigenvalue weighted by atomic mass is 10.0. The van der Waals surface area contributed by atoms with Crippen molar-refractivity contribution in [2.75, 3.05) is 0 Å². The zero-order valence-corrected chi connectivity index (χ0v) is 12.6. The number of aryl methyl sites for hydroxylation is 2. The summed E-state index contributed by atoms with van der Waals surface area (Å²) < 4.78 is 1.34. The Labute approximate surface area is 120 Å². The highest BCUT2D eigenvalue weighted by Crippen LogP contribution is 2.31. The fourth-order valence-corrected chi connectivity index (χ4v) is 4.32. The summed E-state index contributed by atoms with van der Waals surface area (Å²) in [4.78, 5) is 5.68. The number of nitrogens with two attached hydrogens (primary N) is 1. The van der Waals surface area contributed by atoms with Crippen LogP contribution in [-0.2, 0) is 6.42 Å². The Morgan fingerprint density at radius 3 is 2.79 bits per heavy atom. The molecule has 1 atom stereocenters. The van der Waals surface area contributed by atoms with Crippen molar-refractivity contribution in [3.8, 4) is 0 Å². The van der Waals surface area contributed by atoms with E-state index >= 15 is 0 Å². The Hall–Kier alpha value is -1.23. The highest BCUT2D eigenvalue weighted by atomic mass is 32.1. The Bertz CT molecular complexity index is 712. The standard InChI is InChI=1S/C15H16N2S2/c1-9-15(19-10(2)17-9)13(16)7-11-8-18-14-6-4-3-5-12(11)14/h3-6,8,13H,7,16H2,1-2H3. The summed E-state index contributed by atoms with van der Waals surface area (Å²) in [5.74, 6) is 0. The molecule has 0 fully saturated rings. The van der Waals surface area contributed by atoms with Gasteiger partial charge in [-0.3, -0.25) is 0 Å². The summed E-state index contributed by atoms with van der Waals surface area (Å²) in [7, 11) is 0. The van der Waals surface area contributed by atoms with Crippen molar-refractivity contribution in [3.05, 3.63) is 50.8 Å². The number of hydrogen-bond acceptors (Lipinski definition) is 4. The first-order valence-electron chi connectivity index (χ1n) is 6.30. The van der Waals surface area contributed by atoms with Crippen LogP contribution in [0.15, 0.2) is 29.6 Å². The van der Waals surface area contributed by atoms with Gasteiger partial charge in [-0.1, -0.05) is 18.2 Å². The number of benzene rings is 1. The van der Waals surface area contributed by atoms with Crippen LogP contribution in [0.1, 0.15) is 27.2 Å². The molecule has 1 aromatic carbocycles. The van der Waals surface area contributed by atoms with Gasteiger partial charge >= 0.3 is 0 Å². The van der Waals surface area contributed by atoms with Crippen LogP contribution in [0.4, 0.5) is 0 Å². The third-order valence-corrected chi connectivity index (χ3v) is 5.49. The van der Waals surface area contributed by atoms with Crippen LogP contribution < -0.4 is 5.73 Å². The van der Waals surface area contributed by atoms with Gasteiger partial charge in [-0.25, -0.2) is 4.98 Å². The number of thiazole rings is 1. The fraction of sp³-hybridized carbons (Fsp3) is 0.267. The molecule has 0 saturated heterocycles. The normalized spacial score (nSPS) is 13.0. The average molecular weight is 288 g/mol. The van der Waals surface area contributed by atoms with Crippen molar-refractivity contribution < 1.29 is 0 Å². The molecule has 4 heteroatoms. The third-order valence-electron chi connectivity index (χ3n) is 3.28. The third kappa shape index (κ3) is 2.43. The van der Waals surface area contributed by atoms with Crippen LogP contribution in [0, 0.1) is 13.8 Å². The molecule has 1 unspecified atom stereocenters. The Balaban J connectivity index is 1.91. The Morgan fingerprint density at radius 1 is 1.26 bits per heavy atom. The van der Waals surface area contributed by atoms with Crippen molar-refractivity contribution in [1.82, 2.24) is 4.98 Å². The molecule has 2 nitrogen and oxygen atoms in total. The molecule has 0 aliphatic heterocycles. The second-order valence-electron chi connectivity index (χ2n) is 4.75. The fourth-order valence-electron chi connectivity index (χ4n) is 2.41. The zero-order valence-electron chi connectivity index (χ0n) is 11.0. The van der Waals surface area contributed by atoms with E-state index in [1.807, 2.05) is 13.8 Å². The van der Waals surface area contributed by atoms with E-state index in [1.165, 1.54) is 20.5 Å². The second kappa shape index (κ2) is 5.04. The van der Waals surface area contributed by atoms with Crippen LogP contribution in [-0.4, -0.2) is 4.98 Å². The SMILES string of the molecule is Cc1nc(C)c(C(N)Cc2csc3ccccc23)s1. The highest BCUT2D eigenvalue weighted by molar-refractivity contribution is 7.17. The summed E-state index contributed by atoms with van der Waals surface area (Å²) in [6.07, 6.45) is 0.881. The number of rotatable bonds is 3. The van der Waals surface area contributed by atoms with Gasteiger partial charge in [0, 0.05) is 15.6 Å². The predicted octanol–water partition coefficient (Wildman–Crippen LogP) is 4.22. The largest absolute Gasteiger partial charge is 0.323 e. The molecule has 0 bridgehead atoms. The molecular weight excluding hydrogens is 272 g/mol. The number of aromatic nitrogens is 1. The summed E-state index contributed by atoms with van der Waals surface area (Å²) in [6, 6.07) is 8.56. The number of fused-ring (bicyclic) bond motifs is 1. The van der Waals surface area contributed by atoms with Gasteiger partial charge < -0.3 is 5.73 Å². The van der Waals surface area contributed by atoms with E-state index in [1.54, 1.807) is 22.7 Å². The van der Waals surface area contributed by atoms with Gasteiger partial charge in [0.25, 0.3) is 0 Å². The van der Waals surface area contributed by atoms with Crippen molar-refractivity contribution in [2.45, 2.75) is 26.3 Å². The molecular formula is C15H16N2S2. The van der Waals surface area contributed by atoms with Crippen LogP contribution in [0.3, 0.4) is 0 Å². The number of thiophene rings is 1. The van der Waals surface area contributed by atoms with E-state index in [0.717, 1.165) is 17.1 Å². The minimum atomic E-state index is 0.0456. The lowest BCUT2D eigenvalue weighted by Crippen LogP contribution is -2.12. The Kier molecular flexibility index (Phi) is 3.39. The minimum absolute atomic E-state index is 0.0456. The van der Waals surface area contributed by atoms with E-state index in [9.17, 15) is 0 Å². The summed E-state index contributed by atoms with van der Waals surface area (Å²) >= 11 is 3.51. The maximum Gasteiger partial charge on any atom is 0.0900 e. The molecule has 2 aromatic heterocycles. The van der Waals surface area contributed by atoms with Crippen molar-refractivity contribution in [3.63, 3.8) is 0 Å². The van der Waals surface area contributed by atoms with Crippen LogP contribution >= 0.6 is 22.7 Å². The van der Waals surface area contributed by atoms with Gasteiger partial charge in [-0.2, -0.15) is 0 Å². The molecule has 2 N–H and O–H groups in total. The van der Waals surface area contributed by atoms with E-state index in [2.05, 4.69) is 34.6 Å². The van der Waals surface area contributed by atoms with Gasteiger partial charge in [0.2, 0.25) is 0 Å². The zero-order chi connectivity index (χ0) is 13.4. The quantitative estimate of drug-likeness (QED) is 0.784. The molecule has 98 valence electrons. The molecule has 0 saturated carbocycles. The smallest absolute Gasteiger partial charge is 0.0900 e. The first-order chi connectivity index (χ1) is 9.15. The molecule has 0 aliphatic rings. The molecule has 3 rings (SSSR count). The van der Waals surface area contributed by atoms with E-state index in [0.29, 0.717) is 0 Å². The lowest BCUT2D eigenvalue weighted by molar-refractivity contribution is 0.733. The van der Waals surface area contributed by atoms with Crippen LogP contribution in [0.25, 0.3) is 10.1 Å². The molecule has 2 heterocycles. The van der Waals surface area contributed by atoms with E-state index < -0.39 is 0 Å². The molecule has 3 aromatic rings. The molecule has 0 amide bonds. The van der Waals surface area contributed by atoms with Gasteiger partial charge in [0.05, 0.1) is 10.7 Å². The summed E-state index contributed by atoms with van der Waals surface area (Å²) in [6.45, 7) is 4.08. The predicted molar refractivity (Wildman–Crippen MR) is 84.0 cm³/mol. The van der Waals surface area contributed by atoms with Gasteiger partial charge in [-0.05, 0) is 42.7 Å². The van der Waals surface area contributed by atoms with E-state index in [-0.39, 0.29) is 6.04 Å². The maximum atomic E-state index is 6.37. The first-order valence-corrected chi connectivity index (χ1v) is 7.99. The highest BCUT2D eigenvalue weighted by Gasteiger charge is 2.15. The summed E-state index contributed by atoms with van der Waals surface area (Å²) in [5, 5.41) is 4.66. The first kappa shape index (κ1) is 12.8. The monoisotopic (exact) mass is 288 g/mol. The number of hydrogen-bond donors (Lipinski definition) is 1. The minimum Gasteiger partial charge on any atom is -0.323 e. The molecule has 19 heavy (non-hydrogen) atoms. The van der Waals surface area contributed by atoms with Crippen molar-refractivity contribution >= 4 is 32.8 Å². The van der Waals surface area contributed by atoms with Gasteiger partial charge in [0.15, 0.2) is 0 Å². The molecule has 0 aliphatic carbocycles. The Morgan fingerprint density at radius 2 is 2.05 bits per heavy atom.